The van der Waals surface area contributed by atoms with Crippen molar-refractivity contribution < 1.29 is 38.2 Å². The van der Waals surface area contributed by atoms with Gasteiger partial charge in [0.25, 0.3) is 0 Å². The van der Waals surface area contributed by atoms with Crippen molar-refractivity contribution >= 4 is 17.9 Å². The van der Waals surface area contributed by atoms with Crippen molar-refractivity contribution in [2.45, 2.75) is 219 Å². The van der Waals surface area contributed by atoms with Crippen LogP contribution < -0.4 is 5.11 Å². The van der Waals surface area contributed by atoms with Crippen LogP contribution in [0.5, 0.6) is 0 Å². The first-order chi connectivity index (χ1) is 25.6. The first kappa shape index (κ1) is 51.1. The second-order valence-corrected chi connectivity index (χ2v) is 16.3. The fourth-order valence-electron chi connectivity index (χ4n) is 6.65. The number of hydrogen-bond acceptors (Lipinski definition) is 7. The van der Waals surface area contributed by atoms with Crippen molar-refractivity contribution in [2.75, 3.05) is 41.0 Å². The van der Waals surface area contributed by atoms with E-state index in [-0.39, 0.29) is 42.7 Å². The SMILES string of the molecule is CCCCCCCCC/C=C/CCCCCC(=O)OC(COCCC(C(=O)[O-])[N+](C)(C)C)COC(=O)CCCCCCCCCCCCCCCCC. The van der Waals surface area contributed by atoms with Gasteiger partial charge in [-0.25, -0.2) is 0 Å². The Bertz CT molecular complexity index is 885. The molecule has 8 nitrogen and oxygen atoms in total. The molecule has 0 radical (unpaired) electrons. The van der Waals surface area contributed by atoms with E-state index in [2.05, 4.69) is 26.0 Å². The summed E-state index contributed by atoms with van der Waals surface area (Å²) in [5, 5.41) is 11.6. The number of unbranched alkanes of at least 4 members (excludes halogenated alkanes) is 24. The Labute approximate surface area is 327 Å². The molecule has 0 spiro atoms. The number of ether oxygens (including phenoxy) is 3. The van der Waals surface area contributed by atoms with E-state index in [1.165, 1.54) is 122 Å². The highest BCUT2D eigenvalue weighted by Crippen LogP contribution is 2.15. The lowest BCUT2D eigenvalue weighted by molar-refractivity contribution is -0.889. The first-order valence-corrected chi connectivity index (χ1v) is 22.2. The van der Waals surface area contributed by atoms with Gasteiger partial charge in [-0.1, -0.05) is 161 Å². The monoisotopic (exact) mass is 752 g/mol. The summed E-state index contributed by atoms with van der Waals surface area (Å²) in [7, 11) is 5.41. The molecule has 2 unspecified atom stereocenters. The fraction of sp³-hybridized carbons (Fsp3) is 0.889. The van der Waals surface area contributed by atoms with Gasteiger partial charge in [-0.05, 0) is 38.5 Å². The summed E-state index contributed by atoms with van der Waals surface area (Å²) in [4.78, 5) is 36.8. The summed E-state index contributed by atoms with van der Waals surface area (Å²) < 4.78 is 17.2. The summed E-state index contributed by atoms with van der Waals surface area (Å²) in [6.45, 7) is 4.66. The molecule has 0 rings (SSSR count). The lowest BCUT2D eigenvalue weighted by atomic mass is 10.0. The lowest BCUT2D eigenvalue weighted by Gasteiger charge is -2.34. The molecule has 0 fully saturated rings. The molecule has 0 aromatic carbocycles. The number of rotatable bonds is 40. The molecule has 8 heteroatoms. The minimum absolute atomic E-state index is 0.0401. The van der Waals surface area contributed by atoms with E-state index in [4.69, 9.17) is 14.2 Å². The molecular weight excluding hydrogens is 666 g/mol. The van der Waals surface area contributed by atoms with Gasteiger partial charge in [-0.2, -0.15) is 0 Å². The third-order valence-corrected chi connectivity index (χ3v) is 10.2. The molecule has 0 saturated heterocycles. The maximum absolute atomic E-state index is 12.7. The number of carboxylic acid groups (broad SMARTS) is 1. The van der Waals surface area contributed by atoms with E-state index in [0.717, 1.165) is 51.4 Å². The molecule has 0 aliphatic rings. The number of carboxylic acids is 1. The number of carbonyl (C=O) groups is 3. The Morgan fingerprint density at radius 3 is 1.38 bits per heavy atom. The van der Waals surface area contributed by atoms with Gasteiger partial charge in [0, 0.05) is 19.3 Å². The zero-order chi connectivity index (χ0) is 39.3. The highest BCUT2D eigenvalue weighted by Gasteiger charge is 2.25. The van der Waals surface area contributed by atoms with Gasteiger partial charge in [0.15, 0.2) is 6.10 Å². The van der Waals surface area contributed by atoms with Crippen molar-refractivity contribution in [2.24, 2.45) is 0 Å². The van der Waals surface area contributed by atoms with E-state index < -0.39 is 18.1 Å². The predicted octanol–water partition coefficient (Wildman–Crippen LogP) is 10.6. The molecule has 0 bridgehead atoms. The summed E-state index contributed by atoms with van der Waals surface area (Å²) in [5.41, 5.74) is 0. The Kier molecular flexibility index (Phi) is 35.7. The number of allylic oxidation sites excluding steroid dienone is 2. The van der Waals surface area contributed by atoms with Gasteiger partial charge < -0.3 is 28.6 Å². The molecule has 2 atom stereocenters. The zero-order valence-corrected chi connectivity index (χ0v) is 35.4. The van der Waals surface area contributed by atoms with Gasteiger partial charge in [0.1, 0.15) is 12.6 Å². The first-order valence-electron chi connectivity index (χ1n) is 22.2. The van der Waals surface area contributed by atoms with Crippen molar-refractivity contribution in [3.8, 4) is 0 Å². The fourth-order valence-corrected chi connectivity index (χ4v) is 6.65. The van der Waals surface area contributed by atoms with Gasteiger partial charge in [0.2, 0.25) is 0 Å². The smallest absolute Gasteiger partial charge is 0.306 e. The summed E-state index contributed by atoms with van der Waals surface area (Å²) in [6, 6.07) is -0.723. The largest absolute Gasteiger partial charge is 0.544 e. The number of carbonyl (C=O) groups excluding carboxylic acids is 3. The lowest BCUT2D eigenvalue weighted by Crippen LogP contribution is -2.55. The van der Waals surface area contributed by atoms with Gasteiger partial charge in [0.05, 0.1) is 40.3 Å². The summed E-state index contributed by atoms with van der Waals surface area (Å²) in [6.07, 6.45) is 38.0. The number of nitrogens with zero attached hydrogens (tertiary/aromatic N) is 1. The second kappa shape index (κ2) is 37.0. The number of hydrogen-bond donors (Lipinski definition) is 0. The Morgan fingerprint density at radius 1 is 0.547 bits per heavy atom. The van der Waals surface area contributed by atoms with Crippen molar-refractivity contribution in [1.29, 1.82) is 0 Å². The molecule has 0 aromatic heterocycles. The van der Waals surface area contributed by atoms with Crippen LogP contribution in [-0.4, -0.2) is 75.5 Å². The predicted molar refractivity (Wildman–Crippen MR) is 217 cm³/mol. The van der Waals surface area contributed by atoms with Crippen molar-refractivity contribution in [3.63, 3.8) is 0 Å². The maximum atomic E-state index is 12.7. The molecule has 0 aliphatic heterocycles. The second-order valence-electron chi connectivity index (χ2n) is 16.3. The number of aliphatic carboxylic acids is 1. The van der Waals surface area contributed by atoms with Crippen molar-refractivity contribution in [3.05, 3.63) is 12.2 Å². The number of esters is 2. The van der Waals surface area contributed by atoms with Crippen LogP contribution in [0.3, 0.4) is 0 Å². The quantitative estimate of drug-likeness (QED) is 0.0266. The minimum atomic E-state index is -1.12. The van der Waals surface area contributed by atoms with E-state index in [0.29, 0.717) is 12.8 Å². The summed E-state index contributed by atoms with van der Waals surface area (Å²) >= 11 is 0. The van der Waals surface area contributed by atoms with Crippen LogP contribution in [0.2, 0.25) is 0 Å². The Balaban J connectivity index is 4.33. The van der Waals surface area contributed by atoms with Crippen molar-refractivity contribution in [1.82, 2.24) is 0 Å². The highest BCUT2D eigenvalue weighted by atomic mass is 16.6. The molecule has 312 valence electrons. The third kappa shape index (κ3) is 35.5. The van der Waals surface area contributed by atoms with Gasteiger partial charge in [-0.15, -0.1) is 0 Å². The van der Waals surface area contributed by atoms with Gasteiger partial charge in [-0.3, -0.25) is 9.59 Å². The molecule has 0 saturated carbocycles. The molecule has 0 aromatic rings. The van der Waals surface area contributed by atoms with Crippen LogP contribution in [0, 0.1) is 0 Å². The van der Waals surface area contributed by atoms with Crippen LogP contribution >= 0.6 is 0 Å². The van der Waals surface area contributed by atoms with E-state index in [9.17, 15) is 19.5 Å². The molecule has 0 N–H and O–H groups in total. The highest BCUT2D eigenvalue weighted by molar-refractivity contribution is 5.70. The molecule has 0 amide bonds. The normalized spacial score (nSPS) is 13.0. The van der Waals surface area contributed by atoms with Gasteiger partial charge >= 0.3 is 11.9 Å². The summed E-state index contributed by atoms with van der Waals surface area (Å²) in [5.74, 6) is -1.74. The topological polar surface area (TPSA) is 102 Å². The van der Waals surface area contributed by atoms with Crippen LogP contribution in [0.4, 0.5) is 0 Å². The zero-order valence-electron chi connectivity index (χ0n) is 35.4. The third-order valence-electron chi connectivity index (χ3n) is 10.2. The molecular formula is C45H85NO7. The van der Waals surface area contributed by atoms with Crippen LogP contribution in [0.1, 0.15) is 206 Å². The Morgan fingerprint density at radius 2 is 0.943 bits per heavy atom. The van der Waals surface area contributed by atoms with E-state index >= 15 is 0 Å². The van der Waals surface area contributed by atoms with Crippen LogP contribution in [0.25, 0.3) is 0 Å². The average molecular weight is 752 g/mol. The number of quaternary nitrogens is 1. The average Bonchev–Trinajstić information content (AvgIpc) is 3.11. The Hall–Kier alpha value is -1.93. The van der Waals surface area contributed by atoms with Crippen LogP contribution in [-0.2, 0) is 28.6 Å². The van der Waals surface area contributed by atoms with E-state index in [1.807, 2.05) is 0 Å². The molecule has 53 heavy (non-hydrogen) atoms. The van der Waals surface area contributed by atoms with E-state index in [1.54, 1.807) is 21.1 Å². The minimum Gasteiger partial charge on any atom is -0.544 e. The molecule has 0 heterocycles. The van der Waals surface area contributed by atoms with Crippen LogP contribution in [0.15, 0.2) is 12.2 Å². The standard InChI is InChI=1S/C45H85NO7/c1-6-8-10-12-14-16-18-20-22-24-25-27-29-31-33-35-43(47)52-40-41(39-51-38-37-42(45(49)50)46(3,4)5)53-44(48)36-34-32-30-28-26-23-21-19-17-15-13-11-9-7-2/h23,26,41-42H,6-22,24-25,27-40H2,1-5H3/b26-23+. The maximum Gasteiger partial charge on any atom is 0.306 e. The number of likely N-dealkylation sites (N-methyl/N-ethyl adjacent to an activating group) is 1. The molecule has 0 aliphatic carbocycles.